The number of carbonyl (C=O) groups is 2. The number of H-pyrrole nitrogens is 1. The lowest BCUT2D eigenvalue weighted by Crippen LogP contribution is -2.24. The van der Waals surface area contributed by atoms with E-state index in [9.17, 15) is 14.4 Å². The molecule has 0 fully saturated rings. The molecular weight excluding hydrogens is 548 g/mol. The van der Waals surface area contributed by atoms with Crippen molar-refractivity contribution >= 4 is 66.6 Å². The van der Waals surface area contributed by atoms with Crippen LogP contribution in [0.2, 0.25) is 5.15 Å². The van der Waals surface area contributed by atoms with Gasteiger partial charge in [-0.1, -0.05) is 11.6 Å². The van der Waals surface area contributed by atoms with Gasteiger partial charge in [0.05, 0.1) is 42.1 Å². The highest BCUT2D eigenvalue weighted by Gasteiger charge is 2.30. The third-order valence-electron chi connectivity index (χ3n) is 6.89. The van der Waals surface area contributed by atoms with Gasteiger partial charge in [0.1, 0.15) is 21.1 Å². The summed E-state index contributed by atoms with van der Waals surface area (Å²) in [7, 11) is 0. The molecule has 2 aliphatic carbocycles. The fraction of sp³-hybridized carbons (Fsp3) is 0.462. The third-order valence-corrected chi connectivity index (χ3v) is 9.50. The maximum atomic E-state index is 11.8. The zero-order chi connectivity index (χ0) is 26.8. The number of aromatic nitrogens is 4. The summed E-state index contributed by atoms with van der Waals surface area (Å²) in [6.45, 7) is 4.50. The Kier molecular flexibility index (Phi) is 8.06. The van der Waals surface area contributed by atoms with E-state index in [1.807, 2.05) is 13.8 Å². The topological polar surface area (TPSA) is 124 Å². The van der Waals surface area contributed by atoms with E-state index in [-0.39, 0.29) is 29.3 Å². The van der Waals surface area contributed by atoms with Crippen LogP contribution in [0.1, 0.15) is 47.6 Å². The Morgan fingerprint density at radius 3 is 2.05 bits per heavy atom. The minimum absolute atomic E-state index is 0.0350. The molecule has 2 aliphatic rings. The average molecular weight is 575 g/mol. The van der Waals surface area contributed by atoms with E-state index in [2.05, 4.69) is 19.9 Å². The van der Waals surface area contributed by atoms with Crippen LogP contribution in [0, 0.1) is 11.8 Å². The van der Waals surface area contributed by atoms with Crippen LogP contribution in [-0.2, 0) is 44.7 Å². The predicted octanol–water partition coefficient (Wildman–Crippen LogP) is 4.67. The second-order valence-electron chi connectivity index (χ2n) is 9.15. The number of hydrogen-bond acceptors (Lipinski definition) is 10. The number of thiophene rings is 2. The molecule has 0 aliphatic heterocycles. The zero-order valence-corrected chi connectivity index (χ0v) is 23.4. The number of carbonyl (C=O) groups excluding carboxylic acids is 2. The predicted molar refractivity (Wildman–Crippen MR) is 147 cm³/mol. The first-order valence-electron chi connectivity index (χ1n) is 12.6. The molecule has 0 radical (unpaired) electrons. The number of halogens is 1. The van der Waals surface area contributed by atoms with Crippen molar-refractivity contribution in [3.05, 3.63) is 49.0 Å². The highest BCUT2D eigenvalue weighted by molar-refractivity contribution is 7.19. The molecular formula is C26H27ClN4O5S2. The number of nitrogens with one attached hydrogen (secondary N) is 1. The van der Waals surface area contributed by atoms with E-state index in [0.717, 1.165) is 57.6 Å². The van der Waals surface area contributed by atoms with Crippen molar-refractivity contribution < 1.29 is 19.1 Å². The number of rotatable bonds is 4. The van der Waals surface area contributed by atoms with Gasteiger partial charge in [-0.15, -0.1) is 22.7 Å². The van der Waals surface area contributed by atoms with Gasteiger partial charge in [0.25, 0.3) is 5.56 Å². The largest absolute Gasteiger partial charge is 0.466 e. The second kappa shape index (κ2) is 11.5. The molecule has 2 atom stereocenters. The summed E-state index contributed by atoms with van der Waals surface area (Å²) >= 11 is 9.27. The highest BCUT2D eigenvalue weighted by atomic mass is 35.5. The van der Waals surface area contributed by atoms with Crippen LogP contribution in [0.25, 0.3) is 20.4 Å². The molecule has 0 spiro atoms. The summed E-state index contributed by atoms with van der Waals surface area (Å²) in [6.07, 6.45) is 7.43. The molecule has 6 rings (SSSR count). The Morgan fingerprint density at radius 2 is 1.47 bits per heavy atom. The Morgan fingerprint density at radius 1 is 0.921 bits per heavy atom. The van der Waals surface area contributed by atoms with Gasteiger partial charge in [-0.2, -0.15) is 0 Å². The Balaban J connectivity index is 0.000000155. The van der Waals surface area contributed by atoms with Gasteiger partial charge in [0.15, 0.2) is 0 Å². The van der Waals surface area contributed by atoms with E-state index in [1.165, 1.54) is 34.4 Å². The van der Waals surface area contributed by atoms with Crippen LogP contribution in [0.5, 0.6) is 0 Å². The van der Waals surface area contributed by atoms with Crippen molar-refractivity contribution in [3.8, 4) is 0 Å². The standard InChI is InChI=1S/C13H13ClN2O2S.C13H14N2O3S/c1-2-18-13(17)7-3-4-8-9(5-7)19-12-10(8)11(14)15-6-16-12;1-2-18-13(17)7-3-4-8-9(5-7)19-12-10(8)11(16)14-6-15-12/h6-7H,2-5H2,1H3;6-7H,2-5H2,1H3,(H,14,15,16). The number of nitrogens with zero attached hydrogens (tertiary/aromatic N) is 3. The van der Waals surface area contributed by atoms with Gasteiger partial charge in [0.2, 0.25) is 0 Å². The first kappa shape index (κ1) is 26.7. The summed E-state index contributed by atoms with van der Waals surface area (Å²) in [6, 6.07) is 0. The van der Waals surface area contributed by atoms with Crippen molar-refractivity contribution in [1.82, 2.24) is 19.9 Å². The molecule has 38 heavy (non-hydrogen) atoms. The number of ether oxygens (including phenoxy) is 2. The Labute approximate surface area is 231 Å². The van der Waals surface area contributed by atoms with Gasteiger partial charge in [0, 0.05) is 9.75 Å². The molecule has 9 nitrogen and oxygen atoms in total. The molecule has 4 aromatic heterocycles. The zero-order valence-electron chi connectivity index (χ0n) is 21.0. The first-order valence-corrected chi connectivity index (χ1v) is 14.6. The number of aromatic amines is 1. The number of fused-ring (bicyclic) bond motifs is 6. The number of aryl methyl sites for hydroxylation is 2. The van der Waals surface area contributed by atoms with Crippen molar-refractivity contribution in [3.63, 3.8) is 0 Å². The van der Waals surface area contributed by atoms with E-state index in [4.69, 9.17) is 21.1 Å². The molecule has 12 heteroatoms. The normalized spacial score (nSPS) is 18.3. The molecule has 0 aromatic carbocycles. The SMILES string of the molecule is CCOC(=O)C1CCc2c(sc3nc[nH]c(=O)c23)C1.CCOC(=O)C1CCc2c(sc3ncnc(Cl)c23)C1. The summed E-state index contributed by atoms with van der Waals surface area (Å²) in [5.41, 5.74) is 2.19. The van der Waals surface area contributed by atoms with E-state index < -0.39 is 0 Å². The molecule has 2 unspecified atom stereocenters. The summed E-state index contributed by atoms with van der Waals surface area (Å²) in [4.78, 5) is 54.5. The van der Waals surface area contributed by atoms with Crippen molar-refractivity contribution in [2.24, 2.45) is 11.8 Å². The minimum Gasteiger partial charge on any atom is -0.466 e. The van der Waals surface area contributed by atoms with Gasteiger partial charge in [-0.25, -0.2) is 15.0 Å². The van der Waals surface area contributed by atoms with Crippen molar-refractivity contribution in [2.75, 3.05) is 13.2 Å². The molecule has 0 amide bonds. The maximum Gasteiger partial charge on any atom is 0.309 e. The highest BCUT2D eigenvalue weighted by Crippen LogP contribution is 2.40. The van der Waals surface area contributed by atoms with E-state index >= 15 is 0 Å². The van der Waals surface area contributed by atoms with Crippen LogP contribution in [0.4, 0.5) is 0 Å². The second-order valence-corrected chi connectivity index (χ2v) is 11.7. The van der Waals surface area contributed by atoms with Crippen LogP contribution < -0.4 is 5.56 Å². The monoisotopic (exact) mass is 574 g/mol. The summed E-state index contributed by atoms with van der Waals surface area (Å²) in [5, 5.41) is 2.17. The van der Waals surface area contributed by atoms with Gasteiger partial charge in [-0.3, -0.25) is 14.4 Å². The van der Waals surface area contributed by atoms with Crippen molar-refractivity contribution in [1.29, 1.82) is 0 Å². The fourth-order valence-electron chi connectivity index (χ4n) is 5.11. The number of hydrogen-bond donors (Lipinski definition) is 1. The van der Waals surface area contributed by atoms with Crippen LogP contribution in [0.15, 0.2) is 17.4 Å². The summed E-state index contributed by atoms with van der Waals surface area (Å²) < 4.78 is 10.2. The molecule has 4 aromatic rings. The minimum atomic E-state index is -0.132. The fourth-order valence-corrected chi connectivity index (χ4v) is 7.95. The summed E-state index contributed by atoms with van der Waals surface area (Å²) in [5.74, 6) is -0.345. The number of esters is 2. The molecule has 200 valence electrons. The van der Waals surface area contributed by atoms with Gasteiger partial charge < -0.3 is 14.5 Å². The van der Waals surface area contributed by atoms with Crippen LogP contribution in [0.3, 0.4) is 0 Å². The van der Waals surface area contributed by atoms with Gasteiger partial charge in [-0.05, 0) is 63.5 Å². The molecule has 0 bridgehead atoms. The Bertz CT molecular complexity index is 1560. The molecule has 0 saturated carbocycles. The maximum absolute atomic E-state index is 11.8. The van der Waals surface area contributed by atoms with E-state index in [1.54, 1.807) is 11.3 Å². The van der Waals surface area contributed by atoms with Crippen LogP contribution in [-0.4, -0.2) is 45.1 Å². The van der Waals surface area contributed by atoms with Crippen LogP contribution >= 0.6 is 34.3 Å². The van der Waals surface area contributed by atoms with E-state index in [0.29, 0.717) is 30.2 Å². The average Bonchev–Trinajstić information content (AvgIpc) is 3.48. The Hall–Kier alpha value is -2.89. The smallest absolute Gasteiger partial charge is 0.309 e. The van der Waals surface area contributed by atoms with Gasteiger partial charge >= 0.3 is 11.9 Å². The molecule has 1 N–H and O–H groups in total. The van der Waals surface area contributed by atoms with Crippen molar-refractivity contribution in [2.45, 2.75) is 52.4 Å². The lowest BCUT2D eigenvalue weighted by Gasteiger charge is -2.20. The lowest BCUT2D eigenvalue weighted by atomic mass is 9.88. The molecule has 4 heterocycles. The third kappa shape index (κ3) is 5.19. The quantitative estimate of drug-likeness (QED) is 0.275. The molecule has 0 saturated heterocycles. The first-order chi connectivity index (χ1) is 18.4. The lowest BCUT2D eigenvalue weighted by molar-refractivity contribution is -0.149.